The number of ether oxygens (including phenoxy) is 1. The Morgan fingerprint density at radius 3 is 2.44 bits per heavy atom. The predicted molar refractivity (Wildman–Crippen MR) is 105 cm³/mol. The second-order valence-electron chi connectivity index (χ2n) is 7.81. The normalized spacial score (nSPS) is 18.4. The smallest absolute Gasteiger partial charge is 0.317 e. The average Bonchev–Trinajstić information content (AvgIpc) is 2.64. The van der Waals surface area contributed by atoms with E-state index < -0.39 is 0 Å². The number of benzene rings is 1. The van der Waals surface area contributed by atoms with Crippen LogP contribution < -0.4 is 10.1 Å². The number of hydrogen-bond acceptors (Lipinski definition) is 3. The molecule has 0 atom stereocenters. The van der Waals surface area contributed by atoms with Gasteiger partial charge in [0.05, 0.1) is 13.1 Å². The molecule has 6 heteroatoms. The number of aryl methyl sites for hydroxylation is 1. The number of carbonyl (C=O) groups is 2. The second kappa shape index (κ2) is 8.63. The molecule has 1 aromatic carbocycles. The third-order valence-corrected chi connectivity index (χ3v) is 5.41. The molecule has 6 nitrogen and oxygen atoms in total. The molecule has 27 heavy (non-hydrogen) atoms. The number of rotatable bonds is 5. The van der Waals surface area contributed by atoms with Gasteiger partial charge in [-0.25, -0.2) is 4.79 Å². The van der Waals surface area contributed by atoms with Gasteiger partial charge in [-0.2, -0.15) is 0 Å². The largest absolute Gasteiger partial charge is 0.486 e. The van der Waals surface area contributed by atoms with Crippen molar-refractivity contribution in [1.82, 2.24) is 15.1 Å². The summed E-state index contributed by atoms with van der Waals surface area (Å²) < 4.78 is 6.04. The van der Waals surface area contributed by atoms with Crippen molar-refractivity contribution < 1.29 is 14.3 Å². The summed E-state index contributed by atoms with van der Waals surface area (Å²) in [5.41, 5.74) is 1.20. The van der Waals surface area contributed by atoms with Crippen molar-refractivity contribution in [2.75, 3.05) is 26.2 Å². The number of carbonyl (C=O) groups excluding carboxylic acids is 2. The Morgan fingerprint density at radius 2 is 1.81 bits per heavy atom. The van der Waals surface area contributed by atoms with Crippen LogP contribution in [0.2, 0.25) is 0 Å². The number of hydrogen-bond donors (Lipinski definition) is 1. The van der Waals surface area contributed by atoms with Gasteiger partial charge in [0.25, 0.3) is 0 Å². The lowest BCUT2D eigenvalue weighted by Crippen LogP contribution is -2.60. The Labute approximate surface area is 161 Å². The van der Waals surface area contributed by atoms with E-state index in [0.29, 0.717) is 13.1 Å². The van der Waals surface area contributed by atoms with Crippen molar-refractivity contribution in [3.05, 3.63) is 29.8 Å². The van der Waals surface area contributed by atoms with Gasteiger partial charge >= 0.3 is 6.03 Å². The molecule has 2 fully saturated rings. The number of nitrogens with one attached hydrogen (secondary N) is 1. The van der Waals surface area contributed by atoms with E-state index in [1.54, 1.807) is 4.90 Å². The van der Waals surface area contributed by atoms with Gasteiger partial charge < -0.3 is 19.9 Å². The van der Waals surface area contributed by atoms with Gasteiger partial charge in [-0.05, 0) is 30.9 Å². The summed E-state index contributed by atoms with van der Waals surface area (Å²) in [6.07, 6.45) is 2.64. The Kier molecular flexibility index (Phi) is 6.24. The van der Waals surface area contributed by atoms with E-state index in [-0.39, 0.29) is 30.0 Å². The van der Waals surface area contributed by atoms with Crippen molar-refractivity contribution >= 4 is 11.9 Å². The fraction of sp³-hybridized carbons (Fsp3) is 0.619. The SMILES string of the molecule is CCc1ccccc1OC1CN(C(=O)NC2CCN(C(=O)C(C)C)CC2)C1. The van der Waals surface area contributed by atoms with Crippen LogP contribution in [0.3, 0.4) is 0 Å². The molecule has 0 spiro atoms. The Hall–Kier alpha value is -2.24. The minimum Gasteiger partial charge on any atom is -0.486 e. The molecule has 2 aliphatic heterocycles. The molecule has 0 unspecified atom stereocenters. The molecule has 2 saturated heterocycles. The first-order valence-electron chi connectivity index (χ1n) is 10.1. The molecule has 148 valence electrons. The van der Waals surface area contributed by atoms with Crippen LogP contribution in [0.25, 0.3) is 0 Å². The summed E-state index contributed by atoms with van der Waals surface area (Å²) >= 11 is 0. The van der Waals surface area contributed by atoms with Crippen molar-refractivity contribution in [1.29, 1.82) is 0 Å². The van der Waals surface area contributed by atoms with Crippen LogP contribution in [-0.2, 0) is 11.2 Å². The molecular formula is C21H31N3O3. The lowest BCUT2D eigenvalue weighted by atomic mass is 10.0. The third kappa shape index (κ3) is 4.73. The Morgan fingerprint density at radius 1 is 1.15 bits per heavy atom. The minimum absolute atomic E-state index is 0.0211. The number of urea groups is 1. The molecule has 3 amide bonds. The van der Waals surface area contributed by atoms with Gasteiger partial charge in [0.2, 0.25) is 5.91 Å². The molecule has 0 aliphatic carbocycles. The van der Waals surface area contributed by atoms with Crippen LogP contribution in [0, 0.1) is 5.92 Å². The van der Waals surface area contributed by atoms with Crippen molar-refractivity contribution in [3.63, 3.8) is 0 Å². The van der Waals surface area contributed by atoms with Crippen molar-refractivity contribution in [3.8, 4) is 5.75 Å². The van der Waals surface area contributed by atoms with Crippen LogP contribution in [0.1, 0.15) is 39.2 Å². The summed E-state index contributed by atoms with van der Waals surface area (Å²) in [6, 6.07) is 8.20. The van der Waals surface area contributed by atoms with Gasteiger partial charge in [-0.15, -0.1) is 0 Å². The zero-order valence-electron chi connectivity index (χ0n) is 16.6. The second-order valence-corrected chi connectivity index (χ2v) is 7.81. The number of nitrogens with zero attached hydrogens (tertiary/aromatic N) is 2. The summed E-state index contributed by atoms with van der Waals surface area (Å²) in [5, 5.41) is 3.11. The van der Waals surface area contributed by atoms with Crippen LogP contribution in [0.5, 0.6) is 5.75 Å². The maximum atomic E-state index is 12.4. The predicted octanol–water partition coefficient (Wildman–Crippen LogP) is 2.67. The lowest BCUT2D eigenvalue weighted by Gasteiger charge is -2.41. The highest BCUT2D eigenvalue weighted by molar-refractivity contribution is 5.78. The van der Waals surface area contributed by atoms with Crippen molar-refractivity contribution in [2.45, 2.75) is 52.2 Å². The monoisotopic (exact) mass is 373 g/mol. The first-order valence-corrected chi connectivity index (χ1v) is 10.1. The highest BCUT2D eigenvalue weighted by atomic mass is 16.5. The highest BCUT2D eigenvalue weighted by Crippen LogP contribution is 2.23. The van der Waals surface area contributed by atoms with Crippen LogP contribution in [-0.4, -0.2) is 60.1 Å². The highest BCUT2D eigenvalue weighted by Gasteiger charge is 2.34. The van der Waals surface area contributed by atoms with Gasteiger partial charge in [0.1, 0.15) is 11.9 Å². The molecule has 0 bridgehead atoms. The first kappa shape index (κ1) is 19.5. The zero-order valence-corrected chi connectivity index (χ0v) is 16.6. The van der Waals surface area contributed by atoms with Gasteiger partial charge in [0.15, 0.2) is 0 Å². The molecule has 3 rings (SSSR count). The fourth-order valence-corrected chi connectivity index (χ4v) is 3.64. The zero-order chi connectivity index (χ0) is 19.4. The summed E-state index contributed by atoms with van der Waals surface area (Å²) in [4.78, 5) is 28.2. The third-order valence-electron chi connectivity index (χ3n) is 5.41. The molecule has 0 saturated carbocycles. The fourth-order valence-electron chi connectivity index (χ4n) is 3.64. The molecule has 2 aliphatic rings. The maximum Gasteiger partial charge on any atom is 0.317 e. The molecule has 0 radical (unpaired) electrons. The van der Waals surface area contributed by atoms with Crippen LogP contribution in [0.15, 0.2) is 24.3 Å². The molecule has 2 heterocycles. The minimum atomic E-state index is -0.0211. The topological polar surface area (TPSA) is 61.9 Å². The summed E-state index contributed by atoms with van der Waals surface area (Å²) in [7, 11) is 0. The van der Waals surface area contributed by atoms with E-state index >= 15 is 0 Å². The summed E-state index contributed by atoms with van der Waals surface area (Å²) in [6.45, 7) is 8.66. The van der Waals surface area contributed by atoms with Gasteiger partial charge in [-0.3, -0.25) is 4.79 Å². The number of piperidine rings is 1. The molecule has 1 aromatic rings. The van der Waals surface area contributed by atoms with Gasteiger partial charge in [0, 0.05) is 25.0 Å². The molecule has 0 aromatic heterocycles. The summed E-state index contributed by atoms with van der Waals surface area (Å²) in [5.74, 6) is 1.16. The van der Waals surface area contributed by atoms with E-state index in [4.69, 9.17) is 4.74 Å². The lowest BCUT2D eigenvalue weighted by molar-refractivity contribution is -0.135. The van der Waals surface area contributed by atoms with Crippen LogP contribution >= 0.6 is 0 Å². The van der Waals surface area contributed by atoms with E-state index in [1.807, 2.05) is 36.9 Å². The Balaban J connectivity index is 1.39. The van der Waals surface area contributed by atoms with E-state index in [2.05, 4.69) is 18.3 Å². The first-order chi connectivity index (χ1) is 13.0. The Bertz CT molecular complexity index is 662. The standard InChI is InChI=1S/C21H31N3O3/c1-4-16-7-5-6-8-19(16)27-18-13-24(14-18)21(26)22-17-9-11-23(12-10-17)20(25)15(2)3/h5-8,15,17-18H,4,9-14H2,1-3H3,(H,22,26). The molecular weight excluding hydrogens is 342 g/mol. The van der Waals surface area contributed by atoms with E-state index in [1.165, 1.54) is 5.56 Å². The average molecular weight is 373 g/mol. The number of amides is 3. The number of likely N-dealkylation sites (tertiary alicyclic amines) is 2. The quantitative estimate of drug-likeness (QED) is 0.863. The molecule has 1 N–H and O–H groups in total. The van der Waals surface area contributed by atoms with E-state index in [9.17, 15) is 9.59 Å². The van der Waals surface area contributed by atoms with Gasteiger partial charge in [-0.1, -0.05) is 39.0 Å². The van der Waals surface area contributed by atoms with E-state index in [0.717, 1.165) is 38.1 Å². The van der Waals surface area contributed by atoms with Crippen molar-refractivity contribution in [2.24, 2.45) is 5.92 Å². The van der Waals surface area contributed by atoms with Crippen LogP contribution in [0.4, 0.5) is 4.79 Å². The number of para-hydroxylation sites is 1. The maximum absolute atomic E-state index is 12.4.